The summed E-state index contributed by atoms with van der Waals surface area (Å²) in [5.74, 6) is 0.457. The van der Waals surface area contributed by atoms with Gasteiger partial charge in [-0.05, 0) is 60.6 Å². The van der Waals surface area contributed by atoms with E-state index in [-0.39, 0.29) is 18.4 Å². The van der Waals surface area contributed by atoms with E-state index in [9.17, 15) is 15.2 Å². The second-order valence-electron chi connectivity index (χ2n) is 7.22. The average Bonchev–Trinajstić information content (AvgIpc) is 3.56. The van der Waals surface area contributed by atoms with Crippen molar-refractivity contribution >= 4 is 5.91 Å². The fourth-order valence-corrected chi connectivity index (χ4v) is 3.34. The first-order valence-corrected chi connectivity index (χ1v) is 9.79. The summed E-state index contributed by atoms with van der Waals surface area (Å²) in [4.78, 5) is 16.3. The Kier molecular flexibility index (Phi) is 5.46. The molecule has 1 fully saturated rings. The highest BCUT2D eigenvalue weighted by atomic mass is 16.3. The largest absolute Gasteiger partial charge is 0.493 e. The van der Waals surface area contributed by atoms with Gasteiger partial charge in [-0.25, -0.2) is 4.98 Å². The highest BCUT2D eigenvalue weighted by Gasteiger charge is 2.28. The van der Waals surface area contributed by atoms with Gasteiger partial charge in [0.2, 0.25) is 5.88 Å². The number of aliphatic hydroxyl groups is 1. The molecule has 0 atom stereocenters. The predicted molar refractivity (Wildman–Crippen MR) is 109 cm³/mol. The first kappa shape index (κ1) is 19.6. The lowest BCUT2D eigenvalue weighted by atomic mass is 9.96. The summed E-state index contributed by atoms with van der Waals surface area (Å²) < 4.78 is 1.32. The van der Waals surface area contributed by atoms with Crippen LogP contribution in [0.15, 0.2) is 42.7 Å². The van der Waals surface area contributed by atoms with Gasteiger partial charge in [0.1, 0.15) is 0 Å². The molecule has 1 aromatic carbocycles. The summed E-state index contributed by atoms with van der Waals surface area (Å²) in [5, 5.41) is 35.7. The number of nitrogens with one attached hydrogen (secondary N) is 1. The van der Waals surface area contributed by atoms with Crippen LogP contribution in [0.5, 0.6) is 5.88 Å². The third-order valence-corrected chi connectivity index (χ3v) is 5.08. The van der Waals surface area contributed by atoms with Crippen LogP contribution in [0.1, 0.15) is 46.7 Å². The lowest BCUT2D eigenvalue weighted by Gasteiger charge is -2.09. The van der Waals surface area contributed by atoms with E-state index in [1.165, 1.54) is 10.9 Å². The maximum atomic E-state index is 12.1. The molecule has 30 heavy (non-hydrogen) atoms. The fraction of sp³-hybridized carbons (Fsp3) is 0.273. The van der Waals surface area contributed by atoms with Crippen molar-refractivity contribution in [3.05, 3.63) is 59.4 Å². The smallest absolute Gasteiger partial charge is 0.252 e. The van der Waals surface area contributed by atoms with Crippen molar-refractivity contribution in [3.8, 4) is 28.9 Å². The molecule has 4 rings (SSSR count). The minimum atomic E-state index is -0.278. The zero-order valence-corrected chi connectivity index (χ0v) is 16.2. The molecular formula is C22H21N5O3. The molecule has 0 saturated heterocycles. The number of nitrogens with zero attached hydrogens (tertiary/aromatic N) is 4. The fourth-order valence-electron chi connectivity index (χ4n) is 3.34. The third kappa shape index (κ3) is 3.88. The standard InChI is InChI=1S/C22H21N5O3/c23-11-14-2-6-17(18(10-14)15-3-4-15)19-13-26-27(22(19)30)20-7-5-16(12-25-20)21(29)24-8-1-9-28/h2,5-7,10,12-13,15,28,30H,1,3-4,8-9H2,(H,24,29). The highest BCUT2D eigenvalue weighted by molar-refractivity contribution is 5.93. The number of hydrogen-bond donors (Lipinski definition) is 3. The number of aromatic nitrogens is 3. The molecule has 8 nitrogen and oxygen atoms in total. The SMILES string of the molecule is N#Cc1ccc(-c2cnn(-c3ccc(C(=O)NCCCO)cn3)c2O)c(C2CC2)c1. The normalized spacial score (nSPS) is 13.1. The molecule has 3 N–H and O–H groups in total. The number of pyridine rings is 1. The number of rotatable bonds is 7. The summed E-state index contributed by atoms with van der Waals surface area (Å²) in [6.07, 6.45) is 5.63. The second kappa shape index (κ2) is 8.35. The molecule has 1 saturated carbocycles. The van der Waals surface area contributed by atoms with Crippen LogP contribution in [0.3, 0.4) is 0 Å². The Morgan fingerprint density at radius 3 is 2.73 bits per heavy atom. The Morgan fingerprint density at radius 2 is 2.07 bits per heavy atom. The van der Waals surface area contributed by atoms with E-state index in [0.29, 0.717) is 41.4 Å². The average molecular weight is 403 g/mol. The van der Waals surface area contributed by atoms with Gasteiger partial charge in [0.25, 0.3) is 5.91 Å². The second-order valence-corrected chi connectivity index (χ2v) is 7.22. The molecule has 0 aliphatic heterocycles. The quantitative estimate of drug-likeness (QED) is 0.521. The number of amides is 1. The van der Waals surface area contributed by atoms with Crippen molar-refractivity contribution in [2.45, 2.75) is 25.2 Å². The molecule has 8 heteroatoms. The number of nitriles is 1. The van der Waals surface area contributed by atoms with Gasteiger partial charge in [-0.2, -0.15) is 15.0 Å². The Morgan fingerprint density at radius 1 is 1.23 bits per heavy atom. The van der Waals surface area contributed by atoms with Gasteiger partial charge in [0.15, 0.2) is 5.82 Å². The zero-order chi connectivity index (χ0) is 21.1. The molecule has 2 heterocycles. The first-order valence-electron chi connectivity index (χ1n) is 9.79. The minimum Gasteiger partial charge on any atom is -0.493 e. The van der Waals surface area contributed by atoms with Crippen molar-refractivity contribution < 1.29 is 15.0 Å². The maximum Gasteiger partial charge on any atom is 0.252 e. The van der Waals surface area contributed by atoms with E-state index >= 15 is 0 Å². The molecule has 1 amide bonds. The molecule has 0 spiro atoms. The maximum absolute atomic E-state index is 12.1. The van der Waals surface area contributed by atoms with Gasteiger partial charge >= 0.3 is 0 Å². The summed E-state index contributed by atoms with van der Waals surface area (Å²) in [6, 6.07) is 10.8. The minimum absolute atomic E-state index is 0.0140. The van der Waals surface area contributed by atoms with Crippen LogP contribution in [0, 0.1) is 11.3 Å². The van der Waals surface area contributed by atoms with Crippen molar-refractivity contribution in [1.82, 2.24) is 20.1 Å². The van der Waals surface area contributed by atoms with Crippen LogP contribution in [0.4, 0.5) is 0 Å². The molecule has 1 aliphatic rings. The van der Waals surface area contributed by atoms with E-state index in [2.05, 4.69) is 21.5 Å². The highest BCUT2D eigenvalue weighted by Crippen LogP contribution is 2.46. The van der Waals surface area contributed by atoms with Crippen LogP contribution >= 0.6 is 0 Å². The molecule has 1 aliphatic carbocycles. The van der Waals surface area contributed by atoms with Crippen LogP contribution < -0.4 is 5.32 Å². The van der Waals surface area contributed by atoms with E-state index in [1.54, 1.807) is 24.4 Å². The summed E-state index contributed by atoms with van der Waals surface area (Å²) in [7, 11) is 0. The van der Waals surface area contributed by atoms with Gasteiger partial charge in [-0.1, -0.05) is 6.07 Å². The number of carbonyl (C=O) groups is 1. The molecule has 152 valence electrons. The molecular weight excluding hydrogens is 382 g/mol. The van der Waals surface area contributed by atoms with Crippen LogP contribution in [-0.4, -0.2) is 44.0 Å². The predicted octanol–water partition coefficient (Wildman–Crippen LogP) is 2.50. The topological polar surface area (TPSA) is 124 Å². The van der Waals surface area contributed by atoms with E-state index in [1.807, 2.05) is 12.1 Å². The van der Waals surface area contributed by atoms with Gasteiger partial charge in [-0.15, -0.1) is 0 Å². The van der Waals surface area contributed by atoms with Gasteiger partial charge in [0, 0.05) is 19.3 Å². The van der Waals surface area contributed by atoms with E-state index in [0.717, 1.165) is 24.0 Å². The monoisotopic (exact) mass is 403 g/mol. The van der Waals surface area contributed by atoms with Gasteiger partial charge in [0.05, 0.1) is 29.0 Å². The Hall–Kier alpha value is -3.70. The molecule has 2 aromatic heterocycles. The van der Waals surface area contributed by atoms with Crippen LogP contribution in [0.25, 0.3) is 16.9 Å². The number of benzene rings is 1. The van der Waals surface area contributed by atoms with E-state index in [4.69, 9.17) is 5.11 Å². The number of carbonyl (C=O) groups excluding carboxylic acids is 1. The number of aromatic hydroxyl groups is 1. The van der Waals surface area contributed by atoms with Crippen molar-refractivity contribution in [2.75, 3.05) is 13.2 Å². The van der Waals surface area contributed by atoms with Crippen LogP contribution in [0.2, 0.25) is 0 Å². The molecule has 0 radical (unpaired) electrons. The van der Waals surface area contributed by atoms with Gasteiger partial charge < -0.3 is 15.5 Å². The van der Waals surface area contributed by atoms with Crippen molar-refractivity contribution in [1.29, 1.82) is 5.26 Å². The van der Waals surface area contributed by atoms with Gasteiger partial charge in [-0.3, -0.25) is 4.79 Å². The third-order valence-electron chi connectivity index (χ3n) is 5.08. The Bertz CT molecular complexity index is 1110. The number of hydrogen-bond acceptors (Lipinski definition) is 6. The lowest BCUT2D eigenvalue weighted by molar-refractivity contribution is 0.0951. The number of aliphatic hydroxyl groups excluding tert-OH is 1. The first-order chi connectivity index (χ1) is 14.6. The van der Waals surface area contributed by atoms with Crippen molar-refractivity contribution in [3.63, 3.8) is 0 Å². The summed E-state index contributed by atoms with van der Waals surface area (Å²) >= 11 is 0. The summed E-state index contributed by atoms with van der Waals surface area (Å²) in [5.41, 5.74) is 3.47. The molecule has 0 bridgehead atoms. The summed E-state index contributed by atoms with van der Waals surface area (Å²) in [6.45, 7) is 0.397. The molecule has 3 aromatic rings. The Balaban J connectivity index is 1.60. The zero-order valence-electron chi connectivity index (χ0n) is 16.2. The van der Waals surface area contributed by atoms with E-state index < -0.39 is 0 Å². The molecule has 0 unspecified atom stereocenters. The van der Waals surface area contributed by atoms with Crippen LogP contribution in [-0.2, 0) is 0 Å². The van der Waals surface area contributed by atoms with Crippen molar-refractivity contribution in [2.24, 2.45) is 0 Å². The lowest BCUT2D eigenvalue weighted by Crippen LogP contribution is -2.25. The Labute approximate surface area is 173 Å².